The van der Waals surface area contributed by atoms with Gasteiger partial charge in [0, 0.05) is 5.54 Å². The Balaban J connectivity index is 2.11. The van der Waals surface area contributed by atoms with E-state index in [9.17, 15) is 0 Å². The summed E-state index contributed by atoms with van der Waals surface area (Å²) in [5.41, 5.74) is 9.90. The lowest BCUT2D eigenvalue weighted by Crippen LogP contribution is -2.50. The van der Waals surface area contributed by atoms with Crippen LogP contribution >= 0.6 is 0 Å². The molecule has 2 unspecified atom stereocenters. The van der Waals surface area contributed by atoms with Crippen molar-refractivity contribution in [2.75, 3.05) is 0 Å². The van der Waals surface area contributed by atoms with E-state index in [1.54, 1.807) is 0 Å². The highest BCUT2D eigenvalue weighted by molar-refractivity contribution is 5.24. The van der Waals surface area contributed by atoms with Gasteiger partial charge in [-0.3, -0.25) is 0 Å². The lowest BCUT2D eigenvalue weighted by atomic mass is 9.63. The average Bonchev–Trinajstić information content (AvgIpc) is 2.26. The van der Waals surface area contributed by atoms with Crippen molar-refractivity contribution >= 4 is 0 Å². The number of rotatable bonds is 3. The van der Waals surface area contributed by atoms with Crippen LogP contribution in [-0.4, -0.2) is 5.54 Å². The van der Waals surface area contributed by atoms with Crippen molar-refractivity contribution in [1.29, 1.82) is 0 Å². The highest BCUT2D eigenvalue weighted by Gasteiger charge is 2.40. The molecule has 1 aromatic carbocycles. The van der Waals surface area contributed by atoms with Crippen LogP contribution in [0.15, 0.2) is 24.3 Å². The molecule has 2 N–H and O–H groups in total. The lowest BCUT2D eigenvalue weighted by molar-refractivity contribution is 0.108. The van der Waals surface area contributed by atoms with E-state index in [1.807, 2.05) is 0 Å². The summed E-state index contributed by atoms with van der Waals surface area (Å²) in [6.45, 7) is 9.28. The molecule has 0 bridgehead atoms. The number of benzene rings is 1. The molecule has 0 radical (unpaired) electrons. The third-order valence-corrected chi connectivity index (χ3v) is 4.47. The molecular weight excluding hydrogens is 230 g/mol. The first-order chi connectivity index (χ1) is 8.82. The predicted octanol–water partition coefficient (Wildman–Crippen LogP) is 4.34. The summed E-state index contributed by atoms with van der Waals surface area (Å²) < 4.78 is 0. The van der Waals surface area contributed by atoms with Gasteiger partial charge < -0.3 is 5.73 Å². The monoisotopic (exact) mass is 259 g/mol. The Morgan fingerprint density at radius 2 is 1.68 bits per heavy atom. The van der Waals surface area contributed by atoms with Gasteiger partial charge in [-0.2, -0.15) is 0 Å². The molecular formula is C18H29N. The SMILES string of the molecule is CCc1ccc(CC2(N)CC(C)CC(C)(C)C2)cc1. The summed E-state index contributed by atoms with van der Waals surface area (Å²) in [4.78, 5) is 0. The fourth-order valence-corrected chi connectivity index (χ4v) is 4.24. The maximum absolute atomic E-state index is 6.73. The molecule has 19 heavy (non-hydrogen) atoms. The zero-order valence-corrected chi connectivity index (χ0v) is 13.0. The van der Waals surface area contributed by atoms with Crippen LogP contribution in [-0.2, 0) is 12.8 Å². The summed E-state index contributed by atoms with van der Waals surface area (Å²) in [5.74, 6) is 0.740. The van der Waals surface area contributed by atoms with Gasteiger partial charge >= 0.3 is 0 Å². The summed E-state index contributed by atoms with van der Waals surface area (Å²) in [7, 11) is 0. The fraction of sp³-hybridized carbons (Fsp3) is 0.667. The van der Waals surface area contributed by atoms with E-state index in [4.69, 9.17) is 5.73 Å². The Morgan fingerprint density at radius 3 is 2.21 bits per heavy atom. The van der Waals surface area contributed by atoms with E-state index in [0.717, 1.165) is 31.6 Å². The number of nitrogens with two attached hydrogens (primary N) is 1. The molecule has 1 fully saturated rings. The molecule has 1 aliphatic carbocycles. The second-order valence-electron chi connectivity index (χ2n) is 7.56. The first-order valence-corrected chi connectivity index (χ1v) is 7.69. The fourth-order valence-electron chi connectivity index (χ4n) is 4.24. The maximum atomic E-state index is 6.73. The van der Waals surface area contributed by atoms with Crippen molar-refractivity contribution in [3.8, 4) is 0 Å². The molecule has 0 aliphatic heterocycles. The minimum absolute atomic E-state index is 0.0190. The van der Waals surface area contributed by atoms with Crippen molar-refractivity contribution in [3.63, 3.8) is 0 Å². The first kappa shape index (κ1) is 14.6. The second-order valence-corrected chi connectivity index (χ2v) is 7.56. The zero-order chi connectivity index (χ0) is 14.1. The van der Waals surface area contributed by atoms with Crippen LogP contribution in [0, 0.1) is 11.3 Å². The van der Waals surface area contributed by atoms with Crippen molar-refractivity contribution in [2.24, 2.45) is 17.1 Å². The van der Waals surface area contributed by atoms with Gasteiger partial charge in [-0.1, -0.05) is 52.0 Å². The molecule has 0 spiro atoms. The quantitative estimate of drug-likeness (QED) is 0.858. The van der Waals surface area contributed by atoms with Gasteiger partial charge in [-0.05, 0) is 54.6 Å². The van der Waals surface area contributed by atoms with Crippen molar-refractivity contribution in [2.45, 2.75) is 65.3 Å². The highest BCUT2D eigenvalue weighted by atomic mass is 14.8. The minimum atomic E-state index is -0.0190. The normalized spacial score (nSPS) is 30.3. The molecule has 1 saturated carbocycles. The highest BCUT2D eigenvalue weighted by Crippen LogP contribution is 2.43. The number of hydrogen-bond acceptors (Lipinski definition) is 1. The van der Waals surface area contributed by atoms with Crippen LogP contribution in [0.1, 0.15) is 58.1 Å². The Hall–Kier alpha value is -0.820. The molecule has 1 aliphatic rings. The standard InChI is InChI=1S/C18H29N/c1-5-15-6-8-16(9-7-15)12-18(19)11-14(2)10-17(3,4)13-18/h6-9,14H,5,10-13,19H2,1-4H3. The predicted molar refractivity (Wildman–Crippen MR) is 83.2 cm³/mol. The van der Waals surface area contributed by atoms with Gasteiger partial charge in [-0.15, -0.1) is 0 Å². The molecule has 1 nitrogen and oxygen atoms in total. The molecule has 2 atom stereocenters. The Kier molecular flexibility index (Phi) is 4.06. The third-order valence-electron chi connectivity index (χ3n) is 4.47. The van der Waals surface area contributed by atoms with Gasteiger partial charge in [0.2, 0.25) is 0 Å². The summed E-state index contributed by atoms with van der Waals surface area (Å²) in [5, 5.41) is 0. The molecule has 0 amide bonds. The third kappa shape index (κ3) is 3.82. The van der Waals surface area contributed by atoms with E-state index >= 15 is 0 Å². The van der Waals surface area contributed by atoms with Crippen LogP contribution in [0.3, 0.4) is 0 Å². The van der Waals surface area contributed by atoms with Crippen LogP contribution in [0.2, 0.25) is 0 Å². The molecule has 2 rings (SSSR count). The first-order valence-electron chi connectivity index (χ1n) is 7.69. The van der Waals surface area contributed by atoms with Gasteiger partial charge in [0.1, 0.15) is 0 Å². The number of hydrogen-bond donors (Lipinski definition) is 1. The van der Waals surface area contributed by atoms with E-state index in [2.05, 4.69) is 52.0 Å². The Labute approximate surface area is 118 Å². The average molecular weight is 259 g/mol. The molecule has 0 heterocycles. The van der Waals surface area contributed by atoms with Gasteiger partial charge in [0.15, 0.2) is 0 Å². The van der Waals surface area contributed by atoms with Gasteiger partial charge in [0.05, 0.1) is 0 Å². The maximum Gasteiger partial charge on any atom is 0.0202 e. The summed E-state index contributed by atoms with van der Waals surface area (Å²) in [6.07, 6.45) is 5.73. The zero-order valence-electron chi connectivity index (χ0n) is 13.0. The molecule has 106 valence electrons. The van der Waals surface area contributed by atoms with Crippen molar-refractivity contribution in [1.82, 2.24) is 0 Å². The Morgan fingerprint density at radius 1 is 1.11 bits per heavy atom. The van der Waals surface area contributed by atoms with E-state index < -0.39 is 0 Å². The van der Waals surface area contributed by atoms with E-state index in [0.29, 0.717) is 5.41 Å². The lowest BCUT2D eigenvalue weighted by Gasteiger charge is -2.46. The van der Waals surface area contributed by atoms with E-state index in [1.165, 1.54) is 17.5 Å². The molecule has 0 aromatic heterocycles. The smallest absolute Gasteiger partial charge is 0.0202 e. The van der Waals surface area contributed by atoms with Crippen LogP contribution in [0.5, 0.6) is 0 Å². The van der Waals surface area contributed by atoms with Crippen LogP contribution in [0.4, 0.5) is 0 Å². The van der Waals surface area contributed by atoms with Gasteiger partial charge in [0.25, 0.3) is 0 Å². The minimum Gasteiger partial charge on any atom is -0.325 e. The molecule has 1 heteroatoms. The van der Waals surface area contributed by atoms with Crippen molar-refractivity contribution < 1.29 is 0 Å². The van der Waals surface area contributed by atoms with Gasteiger partial charge in [-0.25, -0.2) is 0 Å². The van der Waals surface area contributed by atoms with E-state index in [-0.39, 0.29) is 5.54 Å². The van der Waals surface area contributed by atoms with Crippen LogP contribution < -0.4 is 5.73 Å². The topological polar surface area (TPSA) is 26.0 Å². The Bertz CT molecular complexity index is 418. The largest absolute Gasteiger partial charge is 0.325 e. The molecule has 0 saturated heterocycles. The van der Waals surface area contributed by atoms with Crippen molar-refractivity contribution in [3.05, 3.63) is 35.4 Å². The summed E-state index contributed by atoms with van der Waals surface area (Å²) in [6, 6.07) is 9.02. The molecule has 1 aromatic rings. The number of aryl methyl sites for hydroxylation is 1. The van der Waals surface area contributed by atoms with Crippen LogP contribution in [0.25, 0.3) is 0 Å². The second kappa shape index (κ2) is 5.28. The summed E-state index contributed by atoms with van der Waals surface area (Å²) >= 11 is 0.